The quantitative estimate of drug-likeness (QED) is 0.0462. The molecule has 0 aromatic rings. The molecule has 0 fully saturated rings. The van der Waals surface area contributed by atoms with Crippen molar-refractivity contribution in [3.63, 3.8) is 0 Å². The van der Waals surface area contributed by atoms with E-state index in [2.05, 4.69) is 62.5 Å². The summed E-state index contributed by atoms with van der Waals surface area (Å²) >= 11 is 0. The van der Waals surface area contributed by atoms with Crippen LogP contribution in [0.25, 0.3) is 0 Å². The lowest BCUT2D eigenvalue weighted by atomic mass is 10.1. The van der Waals surface area contributed by atoms with Gasteiger partial charge in [-0.3, -0.25) is 9.59 Å². The van der Waals surface area contributed by atoms with Gasteiger partial charge in [-0.1, -0.05) is 146 Å². The Bertz CT molecular complexity index is 752. The molecular formula is C39H68O5. The van der Waals surface area contributed by atoms with Crippen LogP contribution >= 0.6 is 0 Å². The lowest BCUT2D eigenvalue weighted by molar-refractivity contribution is -0.152. The number of ether oxygens (including phenoxy) is 2. The van der Waals surface area contributed by atoms with Gasteiger partial charge in [-0.05, 0) is 57.8 Å². The summed E-state index contributed by atoms with van der Waals surface area (Å²) in [7, 11) is 0. The Balaban J connectivity index is 3.54. The summed E-state index contributed by atoms with van der Waals surface area (Å²) in [6, 6.07) is 0. The Hall–Kier alpha value is -2.14. The number of hydrogen-bond donors (Lipinski definition) is 1. The second-order valence-corrected chi connectivity index (χ2v) is 12.0. The summed E-state index contributed by atoms with van der Waals surface area (Å²) in [6.45, 7) is 4.22. The monoisotopic (exact) mass is 617 g/mol. The van der Waals surface area contributed by atoms with E-state index in [1.807, 2.05) is 0 Å². The van der Waals surface area contributed by atoms with E-state index >= 15 is 0 Å². The van der Waals surface area contributed by atoms with Crippen LogP contribution in [0.3, 0.4) is 0 Å². The molecule has 0 saturated heterocycles. The first kappa shape index (κ1) is 41.9. The lowest BCUT2D eigenvalue weighted by Gasteiger charge is -2.12. The lowest BCUT2D eigenvalue weighted by Crippen LogP contribution is -2.25. The van der Waals surface area contributed by atoms with Gasteiger partial charge in [0.1, 0.15) is 19.3 Å². The van der Waals surface area contributed by atoms with Crippen LogP contribution in [0.2, 0.25) is 0 Å². The Morgan fingerprint density at radius 3 is 1.23 bits per heavy atom. The van der Waals surface area contributed by atoms with Crippen molar-refractivity contribution < 1.29 is 24.2 Å². The SMILES string of the molecule is CCCCC/C=C\C/C=C\C/C=C\C/C=C\CCCCCC(=O)OC[C@H](O)COC(=O)CCCCCCCCCCCCC. The number of unbranched alkanes of at least 4 members (excludes halogenated alkanes) is 16. The van der Waals surface area contributed by atoms with Crippen LogP contribution in [0, 0.1) is 0 Å². The van der Waals surface area contributed by atoms with Gasteiger partial charge in [0.25, 0.3) is 0 Å². The number of aliphatic hydroxyl groups is 1. The third-order valence-corrected chi connectivity index (χ3v) is 7.57. The van der Waals surface area contributed by atoms with Gasteiger partial charge in [0.15, 0.2) is 0 Å². The molecule has 0 heterocycles. The van der Waals surface area contributed by atoms with Crippen molar-refractivity contribution >= 4 is 11.9 Å². The molecule has 0 saturated carbocycles. The van der Waals surface area contributed by atoms with E-state index in [1.165, 1.54) is 77.0 Å². The summed E-state index contributed by atoms with van der Waals surface area (Å²) in [6.07, 6.45) is 43.0. The molecule has 0 bridgehead atoms. The molecule has 0 unspecified atom stereocenters. The zero-order valence-electron chi connectivity index (χ0n) is 28.7. The number of aliphatic hydroxyl groups excluding tert-OH is 1. The maximum Gasteiger partial charge on any atom is 0.305 e. The minimum absolute atomic E-state index is 0.126. The first-order chi connectivity index (χ1) is 21.6. The van der Waals surface area contributed by atoms with Crippen LogP contribution in [0.4, 0.5) is 0 Å². The third-order valence-electron chi connectivity index (χ3n) is 7.57. The number of hydrogen-bond acceptors (Lipinski definition) is 5. The molecule has 5 nitrogen and oxygen atoms in total. The maximum absolute atomic E-state index is 11.9. The van der Waals surface area contributed by atoms with Crippen molar-refractivity contribution in [1.29, 1.82) is 0 Å². The van der Waals surface area contributed by atoms with E-state index < -0.39 is 6.10 Å². The minimum atomic E-state index is -0.974. The molecule has 0 aliphatic rings. The molecule has 254 valence electrons. The van der Waals surface area contributed by atoms with E-state index in [-0.39, 0.29) is 25.2 Å². The molecule has 0 spiro atoms. The molecule has 44 heavy (non-hydrogen) atoms. The average molecular weight is 617 g/mol. The average Bonchev–Trinajstić information content (AvgIpc) is 3.02. The fourth-order valence-electron chi connectivity index (χ4n) is 4.77. The predicted molar refractivity (Wildman–Crippen MR) is 187 cm³/mol. The van der Waals surface area contributed by atoms with Crippen molar-refractivity contribution in [3.05, 3.63) is 48.6 Å². The van der Waals surface area contributed by atoms with Gasteiger partial charge in [-0.2, -0.15) is 0 Å². The Morgan fingerprint density at radius 2 is 0.795 bits per heavy atom. The standard InChI is InChI=1S/C39H68O5/c1-3-5-7-9-11-13-15-16-17-18-19-20-21-22-24-26-28-30-32-34-39(42)44-36-37(40)35-43-38(41)33-31-29-27-25-23-14-12-10-8-6-4-2/h11,13,16-17,19-20,22,24,37,40H,3-10,12,14-15,18,21,23,25-36H2,1-2H3/b13-11-,17-16-,20-19-,24-22-/t37-/m1/s1. The van der Waals surface area contributed by atoms with E-state index in [1.54, 1.807) is 0 Å². The molecule has 1 atom stereocenters. The van der Waals surface area contributed by atoms with Gasteiger partial charge >= 0.3 is 11.9 Å². The van der Waals surface area contributed by atoms with Crippen molar-refractivity contribution in [1.82, 2.24) is 0 Å². The summed E-state index contributed by atoms with van der Waals surface area (Å²) < 4.78 is 10.3. The highest BCUT2D eigenvalue weighted by Gasteiger charge is 2.12. The van der Waals surface area contributed by atoms with Crippen LogP contribution in [0.15, 0.2) is 48.6 Å². The van der Waals surface area contributed by atoms with E-state index in [0.29, 0.717) is 12.8 Å². The molecule has 0 rings (SSSR count). The van der Waals surface area contributed by atoms with E-state index in [4.69, 9.17) is 9.47 Å². The molecule has 0 radical (unpaired) electrons. The predicted octanol–water partition coefficient (Wildman–Crippen LogP) is 11.1. The van der Waals surface area contributed by atoms with Gasteiger partial charge < -0.3 is 14.6 Å². The summed E-state index contributed by atoms with van der Waals surface area (Å²) in [5.41, 5.74) is 0. The Labute approximate surface area is 271 Å². The van der Waals surface area contributed by atoms with Crippen molar-refractivity contribution in [2.24, 2.45) is 0 Å². The van der Waals surface area contributed by atoms with Gasteiger partial charge in [0, 0.05) is 12.8 Å². The Morgan fingerprint density at radius 1 is 0.477 bits per heavy atom. The third kappa shape index (κ3) is 34.4. The number of allylic oxidation sites excluding steroid dienone is 8. The van der Waals surface area contributed by atoms with Crippen LogP contribution in [-0.2, 0) is 19.1 Å². The fourth-order valence-corrected chi connectivity index (χ4v) is 4.77. The second kappa shape index (κ2) is 35.3. The van der Waals surface area contributed by atoms with E-state index in [0.717, 1.165) is 64.2 Å². The normalized spacial score (nSPS) is 12.7. The molecule has 1 N–H and O–H groups in total. The summed E-state index contributed by atoms with van der Waals surface area (Å²) in [5, 5.41) is 9.97. The van der Waals surface area contributed by atoms with Crippen LogP contribution in [0.1, 0.15) is 168 Å². The van der Waals surface area contributed by atoms with Gasteiger partial charge in [-0.15, -0.1) is 0 Å². The highest BCUT2D eigenvalue weighted by Crippen LogP contribution is 2.12. The number of rotatable bonds is 32. The molecule has 0 aromatic carbocycles. The minimum Gasteiger partial charge on any atom is -0.463 e. The Kier molecular flexibility index (Phi) is 33.6. The fraction of sp³-hybridized carbons (Fsp3) is 0.744. The van der Waals surface area contributed by atoms with Crippen molar-refractivity contribution in [2.75, 3.05) is 13.2 Å². The molecular weight excluding hydrogens is 548 g/mol. The van der Waals surface area contributed by atoms with Gasteiger partial charge in [0.05, 0.1) is 0 Å². The first-order valence-electron chi connectivity index (χ1n) is 18.2. The molecule has 0 aromatic heterocycles. The van der Waals surface area contributed by atoms with Gasteiger partial charge in [0.2, 0.25) is 0 Å². The molecule has 0 amide bonds. The molecule has 5 heteroatoms. The first-order valence-corrected chi connectivity index (χ1v) is 18.2. The number of carbonyl (C=O) groups excluding carboxylic acids is 2. The second-order valence-electron chi connectivity index (χ2n) is 12.0. The van der Waals surface area contributed by atoms with Crippen molar-refractivity contribution in [3.8, 4) is 0 Å². The van der Waals surface area contributed by atoms with Crippen molar-refractivity contribution in [2.45, 2.75) is 174 Å². The summed E-state index contributed by atoms with van der Waals surface area (Å²) in [5.74, 6) is -0.602. The van der Waals surface area contributed by atoms with Crippen LogP contribution in [0.5, 0.6) is 0 Å². The molecule has 0 aliphatic heterocycles. The smallest absolute Gasteiger partial charge is 0.305 e. The highest BCUT2D eigenvalue weighted by atomic mass is 16.6. The topological polar surface area (TPSA) is 72.8 Å². The number of esters is 2. The molecule has 0 aliphatic carbocycles. The maximum atomic E-state index is 11.9. The zero-order valence-corrected chi connectivity index (χ0v) is 28.7. The zero-order chi connectivity index (χ0) is 32.2. The van der Waals surface area contributed by atoms with Crippen LogP contribution < -0.4 is 0 Å². The number of carbonyl (C=O) groups is 2. The van der Waals surface area contributed by atoms with Gasteiger partial charge in [-0.25, -0.2) is 0 Å². The largest absolute Gasteiger partial charge is 0.463 e. The van der Waals surface area contributed by atoms with E-state index in [9.17, 15) is 14.7 Å². The van der Waals surface area contributed by atoms with Crippen LogP contribution in [-0.4, -0.2) is 36.4 Å². The highest BCUT2D eigenvalue weighted by molar-refractivity contribution is 5.69. The summed E-state index contributed by atoms with van der Waals surface area (Å²) in [4.78, 5) is 23.8.